The number of hydrogen-bond acceptors (Lipinski definition) is 6. The molecule has 0 aliphatic heterocycles. The first-order valence-electron chi connectivity index (χ1n) is 7.97. The highest BCUT2D eigenvalue weighted by atomic mass is 32.1. The van der Waals surface area contributed by atoms with Gasteiger partial charge in [0.25, 0.3) is 5.91 Å². The smallest absolute Gasteiger partial charge is 0.339 e. The van der Waals surface area contributed by atoms with Gasteiger partial charge in [0.1, 0.15) is 0 Å². The van der Waals surface area contributed by atoms with Gasteiger partial charge < -0.3 is 4.74 Å². The lowest BCUT2D eigenvalue weighted by Crippen LogP contribution is -2.29. The van der Waals surface area contributed by atoms with E-state index in [0.717, 1.165) is 11.3 Å². The molecule has 1 atom stereocenters. The Kier molecular flexibility index (Phi) is 5.38. The fourth-order valence-corrected chi connectivity index (χ4v) is 2.89. The number of carbonyl (C=O) groups excluding carboxylic acids is 2. The van der Waals surface area contributed by atoms with E-state index >= 15 is 0 Å². The van der Waals surface area contributed by atoms with Gasteiger partial charge in [0, 0.05) is 23.3 Å². The number of pyridine rings is 1. The first-order valence-corrected chi connectivity index (χ1v) is 8.85. The molecule has 0 bridgehead atoms. The molecule has 3 aromatic rings. The fraction of sp³-hybridized carbons (Fsp3) is 0.158. The summed E-state index contributed by atoms with van der Waals surface area (Å²) >= 11 is 1.32. The first kappa shape index (κ1) is 17.8. The maximum absolute atomic E-state index is 12.2. The van der Waals surface area contributed by atoms with Gasteiger partial charge in [0.2, 0.25) is 0 Å². The minimum Gasteiger partial charge on any atom is -0.449 e. The van der Waals surface area contributed by atoms with Crippen molar-refractivity contribution in [2.24, 2.45) is 0 Å². The Morgan fingerprint density at radius 2 is 1.81 bits per heavy atom. The molecule has 1 unspecified atom stereocenters. The summed E-state index contributed by atoms with van der Waals surface area (Å²) < 4.78 is 5.17. The molecule has 0 saturated carbocycles. The van der Waals surface area contributed by atoms with Crippen molar-refractivity contribution in [1.29, 1.82) is 0 Å². The van der Waals surface area contributed by atoms with E-state index in [2.05, 4.69) is 15.3 Å². The van der Waals surface area contributed by atoms with Crippen molar-refractivity contribution in [2.45, 2.75) is 20.0 Å². The Morgan fingerprint density at radius 1 is 1.12 bits per heavy atom. The highest BCUT2D eigenvalue weighted by molar-refractivity contribution is 7.14. The summed E-state index contributed by atoms with van der Waals surface area (Å²) in [5.74, 6) is -1.01. The number of esters is 1. The number of aryl methyl sites for hydroxylation is 1. The molecule has 26 heavy (non-hydrogen) atoms. The van der Waals surface area contributed by atoms with Crippen LogP contribution < -0.4 is 5.32 Å². The summed E-state index contributed by atoms with van der Waals surface area (Å²) in [6, 6.07) is 11.0. The van der Waals surface area contributed by atoms with Crippen molar-refractivity contribution in [3.63, 3.8) is 0 Å². The van der Waals surface area contributed by atoms with Crippen molar-refractivity contribution in [1.82, 2.24) is 9.97 Å². The number of nitrogens with zero attached hydrogens (tertiary/aromatic N) is 2. The fourth-order valence-electron chi connectivity index (χ4n) is 2.17. The molecule has 0 aliphatic carbocycles. The lowest BCUT2D eigenvalue weighted by atomic mass is 10.1. The largest absolute Gasteiger partial charge is 0.449 e. The summed E-state index contributed by atoms with van der Waals surface area (Å²) in [7, 11) is 0. The number of hydrogen-bond donors (Lipinski definition) is 1. The van der Waals surface area contributed by atoms with E-state index in [1.54, 1.807) is 0 Å². The Balaban J connectivity index is 1.61. The number of anilines is 1. The van der Waals surface area contributed by atoms with Gasteiger partial charge in [-0.1, -0.05) is 29.8 Å². The van der Waals surface area contributed by atoms with Gasteiger partial charge in [-0.25, -0.2) is 9.78 Å². The second-order valence-corrected chi connectivity index (χ2v) is 6.53. The van der Waals surface area contributed by atoms with E-state index in [-0.39, 0.29) is 0 Å². The van der Waals surface area contributed by atoms with Crippen LogP contribution in [0, 0.1) is 6.92 Å². The standard InChI is InChI=1S/C19H17N3O3S/c1-12-3-5-14(6-4-12)16-11-26-19(21-16)22-17(23)13(2)25-18(24)15-7-9-20-10-8-15/h3-11,13H,1-2H3,(H,21,22,23). The second-order valence-electron chi connectivity index (χ2n) is 5.68. The van der Waals surface area contributed by atoms with Gasteiger partial charge in [-0.2, -0.15) is 0 Å². The normalized spacial score (nSPS) is 11.6. The number of benzene rings is 1. The number of aromatic nitrogens is 2. The molecule has 3 rings (SSSR count). The minimum absolute atomic E-state index is 0.343. The number of thiazole rings is 1. The van der Waals surface area contributed by atoms with E-state index < -0.39 is 18.0 Å². The van der Waals surface area contributed by atoms with E-state index in [1.807, 2.05) is 36.6 Å². The Hall–Kier alpha value is -3.06. The summed E-state index contributed by atoms with van der Waals surface area (Å²) in [4.78, 5) is 32.5. The van der Waals surface area contributed by atoms with Crippen LogP contribution in [0.2, 0.25) is 0 Å². The number of carbonyl (C=O) groups is 2. The molecule has 1 N–H and O–H groups in total. The molecule has 1 amide bonds. The van der Waals surface area contributed by atoms with E-state index in [4.69, 9.17) is 4.74 Å². The van der Waals surface area contributed by atoms with Gasteiger partial charge in [-0.3, -0.25) is 15.1 Å². The zero-order chi connectivity index (χ0) is 18.5. The maximum Gasteiger partial charge on any atom is 0.339 e. The number of amides is 1. The minimum atomic E-state index is -0.942. The van der Waals surface area contributed by atoms with Crippen LogP contribution in [0.15, 0.2) is 54.2 Å². The van der Waals surface area contributed by atoms with Crippen LogP contribution in [-0.2, 0) is 9.53 Å². The van der Waals surface area contributed by atoms with E-state index in [9.17, 15) is 9.59 Å². The van der Waals surface area contributed by atoms with Crippen molar-refractivity contribution in [2.75, 3.05) is 5.32 Å². The van der Waals surface area contributed by atoms with Crippen LogP contribution in [0.1, 0.15) is 22.8 Å². The summed E-state index contributed by atoms with van der Waals surface area (Å²) in [6.45, 7) is 3.54. The zero-order valence-corrected chi connectivity index (χ0v) is 15.1. The van der Waals surface area contributed by atoms with Crippen molar-refractivity contribution in [3.05, 3.63) is 65.3 Å². The summed E-state index contributed by atoms with van der Waals surface area (Å²) in [5, 5.41) is 5.00. The quantitative estimate of drug-likeness (QED) is 0.696. The van der Waals surface area contributed by atoms with Gasteiger partial charge in [-0.15, -0.1) is 11.3 Å². The average molecular weight is 367 g/mol. The number of nitrogens with one attached hydrogen (secondary N) is 1. The van der Waals surface area contributed by atoms with Gasteiger partial charge in [-0.05, 0) is 26.0 Å². The molecule has 6 nitrogen and oxygen atoms in total. The number of rotatable bonds is 5. The van der Waals surface area contributed by atoms with E-state index in [0.29, 0.717) is 10.7 Å². The van der Waals surface area contributed by atoms with E-state index in [1.165, 1.54) is 48.4 Å². The van der Waals surface area contributed by atoms with Gasteiger partial charge in [0.15, 0.2) is 11.2 Å². The van der Waals surface area contributed by atoms with Crippen molar-refractivity contribution < 1.29 is 14.3 Å². The molecule has 0 spiro atoms. The molecule has 2 aromatic heterocycles. The molecule has 0 saturated heterocycles. The first-order chi connectivity index (χ1) is 12.5. The SMILES string of the molecule is Cc1ccc(-c2csc(NC(=O)C(C)OC(=O)c3ccncc3)n2)cc1. The van der Waals surface area contributed by atoms with Crippen LogP contribution in [0.25, 0.3) is 11.3 Å². The molecule has 132 valence electrons. The zero-order valence-electron chi connectivity index (χ0n) is 14.3. The lowest BCUT2D eigenvalue weighted by molar-refractivity contribution is -0.123. The van der Waals surface area contributed by atoms with Crippen LogP contribution in [0.5, 0.6) is 0 Å². The third kappa shape index (κ3) is 4.31. The van der Waals surface area contributed by atoms with Crippen molar-refractivity contribution >= 4 is 28.3 Å². The summed E-state index contributed by atoms with van der Waals surface area (Å²) in [6.07, 6.45) is 2.04. The predicted molar refractivity (Wildman–Crippen MR) is 100 cm³/mol. The highest BCUT2D eigenvalue weighted by Gasteiger charge is 2.20. The van der Waals surface area contributed by atoms with Gasteiger partial charge in [0.05, 0.1) is 11.3 Å². The highest BCUT2D eigenvalue weighted by Crippen LogP contribution is 2.25. The maximum atomic E-state index is 12.2. The number of ether oxygens (including phenoxy) is 1. The van der Waals surface area contributed by atoms with Crippen LogP contribution in [0.4, 0.5) is 5.13 Å². The molecule has 0 radical (unpaired) electrons. The van der Waals surface area contributed by atoms with Gasteiger partial charge >= 0.3 is 5.97 Å². The molecule has 2 heterocycles. The predicted octanol–water partition coefficient (Wildman–Crippen LogP) is 3.70. The molecular formula is C19H17N3O3S. The molecular weight excluding hydrogens is 350 g/mol. The third-order valence-electron chi connectivity index (χ3n) is 3.65. The molecule has 1 aromatic carbocycles. The Morgan fingerprint density at radius 3 is 2.50 bits per heavy atom. The Labute approximate surface area is 154 Å². The van der Waals surface area contributed by atoms with Crippen LogP contribution in [0.3, 0.4) is 0 Å². The second kappa shape index (κ2) is 7.88. The average Bonchev–Trinajstić information content (AvgIpc) is 3.11. The topological polar surface area (TPSA) is 81.2 Å². The van der Waals surface area contributed by atoms with Crippen molar-refractivity contribution in [3.8, 4) is 11.3 Å². The third-order valence-corrected chi connectivity index (χ3v) is 4.41. The molecule has 0 fully saturated rings. The molecule has 0 aliphatic rings. The van der Waals surface area contributed by atoms with Crippen LogP contribution in [-0.4, -0.2) is 27.9 Å². The Bertz CT molecular complexity index is 907. The monoisotopic (exact) mass is 367 g/mol. The van der Waals surface area contributed by atoms with Crippen LogP contribution >= 0.6 is 11.3 Å². The lowest BCUT2D eigenvalue weighted by Gasteiger charge is -2.12. The summed E-state index contributed by atoms with van der Waals surface area (Å²) in [5.41, 5.74) is 3.27. The molecule has 7 heteroatoms.